The molecule has 0 spiro atoms. The van der Waals surface area contributed by atoms with Crippen LogP contribution in [0.3, 0.4) is 0 Å². The van der Waals surface area contributed by atoms with Gasteiger partial charge in [-0.2, -0.15) is 4.98 Å². The first-order chi connectivity index (χ1) is 12.1. The van der Waals surface area contributed by atoms with Crippen LogP contribution in [0.25, 0.3) is 11.4 Å². The zero-order chi connectivity index (χ0) is 17.8. The Bertz CT molecular complexity index is 746. The Labute approximate surface area is 146 Å². The van der Waals surface area contributed by atoms with Gasteiger partial charge in [-0.3, -0.25) is 4.79 Å². The van der Waals surface area contributed by atoms with Crippen molar-refractivity contribution in [1.82, 2.24) is 20.4 Å². The van der Waals surface area contributed by atoms with E-state index in [1.807, 2.05) is 11.9 Å². The van der Waals surface area contributed by atoms with E-state index in [4.69, 9.17) is 4.52 Å². The molecule has 6 nitrogen and oxygen atoms in total. The van der Waals surface area contributed by atoms with Crippen LogP contribution in [0.1, 0.15) is 24.3 Å². The zero-order valence-corrected chi connectivity index (χ0v) is 14.6. The molecule has 0 saturated carbocycles. The third kappa shape index (κ3) is 4.22. The van der Waals surface area contributed by atoms with Crippen molar-refractivity contribution >= 4 is 5.91 Å². The quantitative estimate of drug-likeness (QED) is 0.868. The Kier molecular flexibility index (Phi) is 5.43. The van der Waals surface area contributed by atoms with Crippen LogP contribution < -0.4 is 5.32 Å². The molecule has 2 heterocycles. The van der Waals surface area contributed by atoms with Gasteiger partial charge < -0.3 is 14.7 Å². The number of nitrogens with one attached hydrogen (secondary N) is 1. The Morgan fingerprint density at radius 2 is 2.32 bits per heavy atom. The Balaban J connectivity index is 1.55. The molecule has 7 heteroatoms. The lowest BCUT2D eigenvalue weighted by molar-refractivity contribution is -0.130. The van der Waals surface area contributed by atoms with Crippen molar-refractivity contribution in [2.45, 2.75) is 26.2 Å². The van der Waals surface area contributed by atoms with Crippen LogP contribution in [-0.4, -0.2) is 47.6 Å². The highest BCUT2D eigenvalue weighted by molar-refractivity contribution is 5.76. The van der Waals surface area contributed by atoms with Crippen LogP contribution in [0.2, 0.25) is 0 Å². The maximum absolute atomic E-state index is 13.6. The number of carbonyl (C=O) groups excluding carboxylic acids is 1. The average Bonchev–Trinajstić information content (AvgIpc) is 3.25. The van der Waals surface area contributed by atoms with Gasteiger partial charge in [-0.05, 0) is 44.5 Å². The highest BCUT2D eigenvalue weighted by Crippen LogP contribution is 2.20. The van der Waals surface area contributed by atoms with Crippen molar-refractivity contribution in [2.24, 2.45) is 5.92 Å². The molecule has 134 valence electrons. The first kappa shape index (κ1) is 17.5. The van der Waals surface area contributed by atoms with Crippen molar-refractivity contribution < 1.29 is 13.7 Å². The van der Waals surface area contributed by atoms with Gasteiger partial charge in [-0.15, -0.1) is 0 Å². The van der Waals surface area contributed by atoms with E-state index in [1.54, 1.807) is 19.1 Å². The van der Waals surface area contributed by atoms with Gasteiger partial charge in [0.15, 0.2) is 0 Å². The molecule has 0 unspecified atom stereocenters. The Morgan fingerprint density at radius 3 is 3.08 bits per heavy atom. The van der Waals surface area contributed by atoms with E-state index in [9.17, 15) is 9.18 Å². The molecule has 0 radical (unpaired) electrons. The molecular weight excluding hydrogens is 323 g/mol. The summed E-state index contributed by atoms with van der Waals surface area (Å²) >= 11 is 0. The molecule has 1 aromatic carbocycles. The third-order valence-corrected chi connectivity index (χ3v) is 4.58. The minimum Gasteiger partial charge on any atom is -0.342 e. The SMILES string of the molecule is CNC[C@@H]1CCN(C(=O)CCc2nc(-c3ccc(C)c(F)c3)no2)C1. The number of halogens is 1. The van der Waals surface area contributed by atoms with Gasteiger partial charge in [0, 0.05) is 31.5 Å². The Morgan fingerprint density at radius 1 is 1.48 bits per heavy atom. The van der Waals surface area contributed by atoms with Crippen LogP contribution in [0.4, 0.5) is 4.39 Å². The summed E-state index contributed by atoms with van der Waals surface area (Å²) in [6.07, 6.45) is 1.78. The minimum atomic E-state index is -0.302. The zero-order valence-electron chi connectivity index (χ0n) is 14.6. The van der Waals surface area contributed by atoms with Crippen LogP contribution in [-0.2, 0) is 11.2 Å². The largest absolute Gasteiger partial charge is 0.342 e. The highest BCUT2D eigenvalue weighted by atomic mass is 19.1. The van der Waals surface area contributed by atoms with Gasteiger partial charge in [0.05, 0.1) is 0 Å². The van der Waals surface area contributed by atoms with Gasteiger partial charge >= 0.3 is 0 Å². The van der Waals surface area contributed by atoms with Crippen molar-refractivity contribution in [2.75, 3.05) is 26.7 Å². The molecule has 0 bridgehead atoms. The predicted octanol–water partition coefficient (Wildman–Crippen LogP) is 2.18. The van der Waals surface area contributed by atoms with Crippen molar-refractivity contribution in [3.8, 4) is 11.4 Å². The summed E-state index contributed by atoms with van der Waals surface area (Å²) in [6, 6.07) is 4.82. The van der Waals surface area contributed by atoms with Gasteiger partial charge in [-0.1, -0.05) is 17.3 Å². The summed E-state index contributed by atoms with van der Waals surface area (Å²) in [5, 5.41) is 7.04. The molecule has 0 aliphatic carbocycles. The number of aryl methyl sites for hydroxylation is 2. The van der Waals surface area contributed by atoms with E-state index in [2.05, 4.69) is 15.5 Å². The molecule has 1 aliphatic rings. The molecular formula is C18H23FN4O2. The maximum atomic E-state index is 13.6. The van der Waals surface area contributed by atoms with Crippen LogP contribution in [0.5, 0.6) is 0 Å². The molecule has 2 aromatic rings. The number of nitrogens with zero attached hydrogens (tertiary/aromatic N) is 3. The average molecular weight is 346 g/mol. The summed E-state index contributed by atoms with van der Waals surface area (Å²) in [5.41, 5.74) is 1.14. The van der Waals surface area contributed by atoms with Crippen LogP contribution in [0, 0.1) is 18.7 Å². The topological polar surface area (TPSA) is 71.3 Å². The fourth-order valence-corrected chi connectivity index (χ4v) is 3.09. The molecule has 3 rings (SSSR count). The number of amides is 1. The van der Waals surface area contributed by atoms with Gasteiger partial charge in [0.1, 0.15) is 5.82 Å². The number of hydrogen-bond donors (Lipinski definition) is 1. The van der Waals surface area contributed by atoms with Crippen molar-refractivity contribution in [3.63, 3.8) is 0 Å². The molecule has 1 amide bonds. The van der Waals surface area contributed by atoms with Crippen molar-refractivity contribution in [1.29, 1.82) is 0 Å². The summed E-state index contributed by atoms with van der Waals surface area (Å²) < 4.78 is 18.8. The highest BCUT2D eigenvalue weighted by Gasteiger charge is 2.25. The minimum absolute atomic E-state index is 0.111. The monoisotopic (exact) mass is 346 g/mol. The van der Waals surface area contributed by atoms with Gasteiger partial charge in [0.25, 0.3) is 0 Å². The summed E-state index contributed by atoms with van der Waals surface area (Å²) in [5.74, 6) is 1.08. The van der Waals surface area contributed by atoms with Crippen molar-refractivity contribution in [3.05, 3.63) is 35.5 Å². The molecule has 25 heavy (non-hydrogen) atoms. The maximum Gasteiger partial charge on any atom is 0.227 e. The first-order valence-electron chi connectivity index (χ1n) is 8.58. The molecule has 1 aliphatic heterocycles. The second-order valence-electron chi connectivity index (χ2n) is 6.53. The fourth-order valence-electron chi connectivity index (χ4n) is 3.09. The molecule has 1 N–H and O–H groups in total. The standard InChI is InChI=1S/C18H23FN4O2/c1-12-3-4-14(9-15(12)19)18-21-16(25-22-18)5-6-17(24)23-8-7-13(11-23)10-20-2/h3-4,9,13,20H,5-8,10-11H2,1-2H3/t13-/m0/s1. The first-order valence-corrected chi connectivity index (χ1v) is 8.58. The lowest BCUT2D eigenvalue weighted by atomic mass is 10.1. The predicted molar refractivity (Wildman–Crippen MR) is 91.4 cm³/mol. The lowest BCUT2D eigenvalue weighted by Crippen LogP contribution is -2.30. The fraction of sp³-hybridized carbons (Fsp3) is 0.500. The third-order valence-electron chi connectivity index (χ3n) is 4.58. The summed E-state index contributed by atoms with van der Waals surface area (Å²) in [4.78, 5) is 18.5. The normalized spacial score (nSPS) is 17.2. The molecule has 1 aromatic heterocycles. The second-order valence-corrected chi connectivity index (χ2v) is 6.53. The van der Waals surface area contributed by atoms with E-state index in [1.165, 1.54) is 6.07 Å². The van der Waals surface area contributed by atoms with E-state index in [0.29, 0.717) is 41.6 Å². The molecule has 1 fully saturated rings. The second kappa shape index (κ2) is 7.74. The molecule has 1 atom stereocenters. The number of rotatable bonds is 6. The van der Waals surface area contributed by atoms with Gasteiger partial charge in [-0.25, -0.2) is 4.39 Å². The Hall–Kier alpha value is -2.28. The van der Waals surface area contributed by atoms with Crippen LogP contribution >= 0.6 is 0 Å². The van der Waals surface area contributed by atoms with E-state index in [0.717, 1.165) is 26.1 Å². The number of carbonyl (C=O) groups is 1. The number of aromatic nitrogens is 2. The van der Waals surface area contributed by atoms with E-state index >= 15 is 0 Å². The number of benzene rings is 1. The number of hydrogen-bond acceptors (Lipinski definition) is 5. The lowest BCUT2D eigenvalue weighted by Gasteiger charge is -2.15. The van der Waals surface area contributed by atoms with Gasteiger partial charge in [0.2, 0.25) is 17.6 Å². The number of likely N-dealkylation sites (tertiary alicyclic amines) is 1. The van der Waals surface area contributed by atoms with Crippen LogP contribution in [0.15, 0.2) is 22.7 Å². The van der Waals surface area contributed by atoms with E-state index < -0.39 is 0 Å². The smallest absolute Gasteiger partial charge is 0.227 e. The molecule has 1 saturated heterocycles. The van der Waals surface area contributed by atoms with E-state index in [-0.39, 0.29) is 11.7 Å². The summed E-state index contributed by atoms with van der Waals surface area (Å²) in [7, 11) is 1.93. The summed E-state index contributed by atoms with van der Waals surface area (Å²) in [6.45, 7) is 4.25.